The van der Waals surface area contributed by atoms with E-state index in [1.54, 1.807) is 6.07 Å². The van der Waals surface area contributed by atoms with Gasteiger partial charge in [-0.3, -0.25) is 9.69 Å². The van der Waals surface area contributed by atoms with Gasteiger partial charge in [0.2, 0.25) is 0 Å². The van der Waals surface area contributed by atoms with Gasteiger partial charge in [-0.2, -0.15) is 11.8 Å². The molecule has 27 heavy (non-hydrogen) atoms. The summed E-state index contributed by atoms with van der Waals surface area (Å²) in [5, 5.41) is 7.09. The zero-order chi connectivity index (χ0) is 18.5. The van der Waals surface area contributed by atoms with E-state index >= 15 is 0 Å². The number of rotatable bonds is 5. The van der Waals surface area contributed by atoms with Crippen LogP contribution in [0.5, 0.6) is 0 Å². The largest absolute Gasteiger partial charge is 0.379 e. The van der Waals surface area contributed by atoms with Crippen LogP contribution in [-0.2, 0) is 4.74 Å². The first-order valence-corrected chi connectivity index (χ1v) is 10.6. The molecule has 4 rings (SSSR count). The van der Waals surface area contributed by atoms with Crippen LogP contribution in [0.15, 0.2) is 40.9 Å². The molecule has 0 aliphatic carbocycles. The molecule has 3 heterocycles. The molecule has 2 aliphatic heterocycles. The molecule has 1 aromatic carbocycles. The molecule has 0 unspecified atom stereocenters. The first-order valence-electron chi connectivity index (χ1n) is 9.48. The summed E-state index contributed by atoms with van der Waals surface area (Å²) in [6.45, 7) is 4.05. The van der Waals surface area contributed by atoms with Crippen molar-refractivity contribution in [3.05, 3.63) is 42.1 Å². The van der Waals surface area contributed by atoms with Gasteiger partial charge in [0, 0.05) is 36.8 Å². The molecule has 0 bridgehead atoms. The molecular formula is C20H25N3O3S. The van der Waals surface area contributed by atoms with E-state index in [-0.39, 0.29) is 11.4 Å². The molecular weight excluding hydrogens is 362 g/mol. The number of carbonyl (C=O) groups excluding carboxylic acids is 1. The van der Waals surface area contributed by atoms with Crippen LogP contribution in [0.2, 0.25) is 0 Å². The lowest BCUT2D eigenvalue weighted by molar-refractivity contribution is -0.0255. The fourth-order valence-electron chi connectivity index (χ4n) is 3.85. The van der Waals surface area contributed by atoms with E-state index in [0.717, 1.165) is 56.2 Å². The highest BCUT2D eigenvalue weighted by atomic mass is 32.2. The van der Waals surface area contributed by atoms with Crippen molar-refractivity contribution in [3.8, 4) is 11.3 Å². The molecule has 0 atom stereocenters. The van der Waals surface area contributed by atoms with Crippen molar-refractivity contribution in [1.29, 1.82) is 0 Å². The topological polar surface area (TPSA) is 67.6 Å². The van der Waals surface area contributed by atoms with Crippen LogP contribution in [-0.4, -0.2) is 65.9 Å². The molecule has 0 radical (unpaired) electrons. The second-order valence-electron chi connectivity index (χ2n) is 7.06. The molecule has 2 aromatic rings. The van der Waals surface area contributed by atoms with Crippen LogP contribution in [0.1, 0.15) is 23.3 Å². The van der Waals surface area contributed by atoms with Crippen LogP contribution in [0, 0.1) is 0 Å². The quantitative estimate of drug-likeness (QED) is 0.851. The second-order valence-corrected chi connectivity index (χ2v) is 8.29. The average molecular weight is 388 g/mol. The lowest BCUT2D eigenvalue weighted by Crippen LogP contribution is -2.60. The summed E-state index contributed by atoms with van der Waals surface area (Å²) in [7, 11) is 0. The Hall–Kier alpha value is -1.83. The number of carbonyl (C=O) groups is 1. The minimum Gasteiger partial charge on any atom is -0.379 e. The lowest BCUT2D eigenvalue weighted by Gasteiger charge is -2.47. The van der Waals surface area contributed by atoms with Gasteiger partial charge in [-0.25, -0.2) is 0 Å². The zero-order valence-electron chi connectivity index (χ0n) is 15.4. The SMILES string of the molecule is O=C(NCC1(N2CCOCC2)CCSCC1)c1cc(-c2ccccc2)on1. The first-order chi connectivity index (χ1) is 13.3. The highest BCUT2D eigenvalue weighted by Gasteiger charge is 2.39. The Morgan fingerprint density at radius 2 is 1.93 bits per heavy atom. The highest BCUT2D eigenvalue weighted by Crippen LogP contribution is 2.33. The summed E-state index contributed by atoms with van der Waals surface area (Å²) >= 11 is 1.99. The lowest BCUT2D eigenvalue weighted by atomic mass is 9.89. The van der Waals surface area contributed by atoms with Crippen molar-refractivity contribution in [2.24, 2.45) is 0 Å². The molecule has 1 aromatic heterocycles. The zero-order valence-corrected chi connectivity index (χ0v) is 16.2. The molecule has 6 nitrogen and oxygen atoms in total. The van der Waals surface area contributed by atoms with Crippen molar-refractivity contribution in [3.63, 3.8) is 0 Å². The number of nitrogens with zero attached hydrogens (tertiary/aromatic N) is 2. The fraction of sp³-hybridized carbons (Fsp3) is 0.500. The van der Waals surface area contributed by atoms with Crippen LogP contribution >= 0.6 is 11.8 Å². The molecule has 1 amide bonds. The van der Waals surface area contributed by atoms with Gasteiger partial charge in [0.25, 0.3) is 5.91 Å². The Bertz CT molecular complexity index is 753. The number of thioether (sulfide) groups is 1. The monoisotopic (exact) mass is 387 g/mol. The van der Waals surface area contributed by atoms with Crippen molar-refractivity contribution >= 4 is 17.7 Å². The standard InChI is InChI=1S/C20H25N3O3S/c24-19(17-14-18(26-22-17)16-4-2-1-3-5-16)21-15-20(6-12-27-13-7-20)23-8-10-25-11-9-23/h1-5,14H,6-13,15H2,(H,21,24). The van der Waals surface area contributed by atoms with E-state index in [4.69, 9.17) is 9.26 Å². The smallest absolute Gasteiger partial charge is 0.273 e. The van der Waals surface area contributed by atoms with Crippen molar-refractivity contribution in [2.75, 3.05) is 44.4 Å². The summed E-state index contributed by atoms with van der Waals surface area (Å²) in [6, 6.07) is 11.4. The molecule has 1 N–H and O–H groups in total. The average Bonchev–Trinajstić information content (AvgIpc) is 3.24. The Morgan fingerprint density at radius 3 is 2.67 bits per heavy atom. The van der Waals surface area contributed by atoms with Crippen molar-refractivity contribution < 1.29 is 14.1 Å². The van der Waals surface area contributed by atoms with E-state index in [1.807, 2.05) is 42.1 Å². The third-order valence-electron chi connectivity index (χ3n) is 5.48. The van der Waals surface area contributed by atoms with Gasteiger partial charge in [0.05, 0.1) is 13.2 Å². The minimum absolute atomic E-state index is 0.0245. The summed E-state index contributed by atoms with van der Waals surface area (Å²) in [4.78, 5) is 15.2. The van der Waals surface area contributed by atoms with Crippen LogP contribution in [0.25, 0.3) is 11.3 Å². The molecule has 0 spiro atoms. The molecule has 144 valence electrons. The third kappa shape index (κ3) is 4.20. The van der Waals surface area contributed by atoms with E-state index in [2.05, 4.69) is 15.4 Å². The maximum Gasteiger partial charge on any atom is 0.273 e. The summed E-state index contributed by atoms with van der Waals surface area (Å²) < 4.78 is 10.9. The first kappa shape index (κ1) is 18.5. The Kier molecular flexibility index (Phi) is 5.80. The van der Waals surface area contributed by atoms with E-state index < -0.39 is 0 Å². The summed E-state index contributed by atoms with van der Waals surface area (Å²) in [5.41, 5.74) is 1.27. The number of amides is 1. The Labute approximate surface area is 163 Å². The van der Waals surface area contributed by atoms with Gasteiger partial charge in [-0.05, 0) is 24.3 Å². The third-order valence-corrected chi connectivity index (χ3v) is 6.47. The number of ether oxygens (including phenoxy) is 1. The molecule has 2 saturated heterocycles. The minimum atomic E-state index is -0.174. The number of benzene rings is 1. The van der Waals surface area contributed by atoms with Crippen molar-refractivity contribution in [2.45, 2.75) is 18.4 Å². The van der Waals surface area contributed by atoms with Crippen LogP contribution in [0.3, 0.4) is 0 Å². The number of hydrogen-bond acceptors (Lipinski definition) is 6. The van der Waals surface area contributed by atoms with Gasteiger partial charge in [-0.15, -0.1) is 0 Å². The van der Waals surface area contributed by atoms with Gasteiger partial charge >= 0.3 is 0 Å². The summed E-state index contributed by atoms with van der Waals surface area (Å²) in [5.74, 6) is 2.70. The Morgan fingerprint density at radius 1 is 1.19 bits per heavy atom. The maximum absolute atomic E-state index is 12.7. The number of nitrogens with one attached hydrogen (secondary N) is 1. The van der Waals surface area contributed by atoms with Gasteiger partial charge in [-0.1, -0.05) is 35.5 Å². The molecule has 0 saturated carbocycles. The van der Waals surface area contributed by atoms with Gasteiger partial charge in [0.15, 0.2) is 11.5 Å². The fourth-order valence-corrected chi connectivity index (χ4v) is 5.10. The predicted molar refractivity (Wildman–Crippen MR) is 106 cm³/mol. The normalized spacial score (nSPS) is 20.3. The number of aromatic nitrogens is 1. The van der Waals surface area contributed by atoms with Crippen molar-refractivity contribution in [1.82, 2.24) is 15.4 Å². The van der Waals surface area contributed by atoms with Crippen LogP contribution in [0.4, 0.5) is 0 Å². The Balaban J connectivity index is 1.43. The molecule has 2 aliphatic rings. The van der Waals surface area contributed by atoms with Gasteiger partial charge < -0.3 is 14.6 Å². The van der Waals surface area contributed by atoms with E-state index in [9.17, 15) is 4.79 Å². The van der Waals surface area contributed by atoms with E-state index in [0.29, 0.717) is 18.0 Å². The highest BCUT2D eigenvalue weighted by molar-refractivity contribution is 7.99. The molecule has 2 fully saturated rings. The van der Waals surface area contributed by atoms with Crippen LogP contribution < -0.4 is 5.32 Å². The van der Waals surface area contributed by atoms with E-state index in [1.165, 1.54) is 0 Å². The number of morpholine rings is 1. The predicted octanol–water partition coefficient (Wildman–Crippen LogP) is 2.67. The molecule has 7 heteroatoms. The van der Waals surface area contributed by atoms with Gasteiger partial charge in [0.1, 0.15) is 0 Å². The summed E-state index contributed by atoms with van der Waals surface area (Å²) in [6.07, 6.45) is 2.18. The number of hydrogen-bond donors (Lipinski definition) is 1. The second kappa shape index (κ2) is 8.46. The maximum atomic E-state index is 12.7.